The molecule has 1 saturated heterocycles. The van der Waals surface area contributed by atoms with Gasteiger partial charge in [0.2, 0.25) is 5.60 Å². The second kappa shape index (κ2) is 3.32. The largest absolute Gasteiger partial charge is 0.460 e. The number of hydrogen-bond acceptors (Lipinski definition) is 3. The quantitative estimate of drug-likeness (QED) is 0.574. The van der Waals surface area contributed by atoms with Gasteiger partial charge in [-0.1, -0.05) is 29.8 Å². The molecule has 84 valence electrons. The third kappa shape index (κ3) is 1.61. The highest BCUT2D eigenvalue weighted by molar-refractivity contribution is 5.84. The zero-order chi connectivity index (χ0) is 11.2. The molecule has 3 heteroatoms. The second-order valence-corrected chi connectivity index (χ2v) is 4.59. The van der Waals surface area contributed by atoms with Crippen LogP contribution in [0, 0.1) is 6.92 Å². The van der Waals surface area contributed by atoms with E-state index in [2.05, 4.69) is 0 Å². The fourth-order valence-electron chi connectivity index (χ4n) is 1.73. The number of esters is 1. The summed E-state index contributed by atoms with van der Waals surface area (Å²) in [5.74, 6) is -0.223. The number of epoxide rings is 1. The minimum absolute atomic E-state index is 0.138. The zero-order valence-corrected chi connectivity index (χ0v) is 9.23. The van der Waals surface area contributed by atoms with E-state index in [9.17, 15) is 4.79 Å². The van der Waals surface area contributed by atoms with Crippen LogP contribution in [-0.4, -0.2) is 18.7 Å². The van der Waals surface area contributed by atoms with Crippen LogP contribution in [0.5, 0.6) is 0 Å². The Hall–Kier alpha value is -1.35. The van der Waals surface area contributed by atoms with Crippen molar-refractivity contribution in [2.75, 3.05) is 6.61 Å². The lowest BCUT2D eigenvalue weighted by Crippen LogP contribution is -2.25. The van der Waals surface area contributed by atoms with Crippen molar-refractivity contribution in [3.8, 4) is 0 Å². The lowest BCUT2D eigenvalue weighted by atomic mass is 9.99. The smallest absolute Gasteiger partial charge is 0.345 e. The van der Waals surface area contributed by atoms with Crippen molar-refractivity contribution in [3.63, 3.8) is 0 Å². The molecular weight excluding hydrogens is 204 g/mol. The number of aryl methyl sites for hydroxylation is 1. The van der Waals surface area contributed by atoms with Crippen molar-refractivity contribution in [2.24, 2.45) is 0 Å². The summed E-state index contributed by atoms with van der Waals surface area (Å²) in [5.41, 5.74) is 1.29. The summed E-state index contributed by atoms with van der Waals surface area (Å²) >= 11 is 0. The molecular formula is C13H14O3. The summed E-state index contributed by atoms with van der Waals surface area (Å²) in [5, 5.41) is 0. The van der Waals surface area contributed by atoms with Crippen LogP contribution < -0.4 is 0 Å². The van der Waals surface area contributed by atoms with Crippen molar-refractivity contribution >= 4 is 5.97 Å². The summed E-state index contributed by atoms with van der Waals surface area (Å²) in [4.78, 5) is 11.9. The molecule has 1 aliphatic carbocycles. The predicted octanol–water partition coefficient (Wildman–Crippen LogP) is 1.93. The Balaban J connectivity index is 1.81. The monoisotopic (exact) mass is 218 g/mol. The van der Waals surface area contributed by atoms with E-state index < -0.39 is 5.60 Å². The summed E-state index contributed by atoms with van der Waals surface area (Å²) in [7, 11) is 0. The minimum Gasteiger partial charge on any atom is -0.460 e. The first-order chi connectivity index (χ1) is 7.71. The average Bonchev–Trinajstić information content (AvgIpc) is 3.13. The molecule has 0 bridgehead atoms. The van der Waals surface area contributed by atoms with Crippen molar-refractivity contribution < 1.29 is 14.3 Å². The van der Waals surface area contributed by atoms with Gasteiger partial charge in [-0.15, -0.1) is 0 Å². The van der Waals surface area contributed by atoms with Gasteiger partial charge < -0.3 is 9.47 Å². The van der Waals surface area contributed by atoms with E-state index >= 15 is 0 Å². The van der Waals surface area contributed by atoms with Crippen molar-refractivity contribution in [1.82, 2.24) is 0 Å². The lowest BCUT2D eigenvalue weighted by molar-refractivity contribution is -0.151. The van der Waals surface area contributed by atoms with Crippen molar-refractivity contribution in [3.05, 3.63) is 35.4 Å². The van der Waals surface area contributed by atoms with Crippen LogP contribution in [0.1, 0.15) is 24.0 Å². The molecule has 1 aromatic carbocycles. The van der Waals surface area contributed by atoms with Crippen LogP contribution in [0.4, 0.5) is 0 Å². The Morgan fingerprint density at radius 2 is 2.00 bits per heavy atom. The van der Waals surface area contributed by atoms with Crippen molar-refractivity contribution in [2.45, 2.75) is 31.5 Å². The molecule has 1 aromatic rings. The van der Waals surface area contributed by atoms with E-state index in [1.54, 1.807) is 0 Å². The molecule has 0 aromatic heterocycles. The normalized spacial score (nSPS) is 27.6. The average molecular weight is 218 g/mol. The Morgan fingerprint density at radius 3 is 2.50 bits per heavy atom. The SMILES string of the molecule is Cc1ccc(C2(C(=O)OC3CC3)CO2)cc1. The molecule has 0 radical (unpaired) electrons. The van der Waals surface area contributed by atoms with Gasteiger partial charge >= 0.3 is 5.97 Å². The fraction of sp³-hybridized carbons (Fsp3) is 0.462. The van der Waals surface area contributed by atoms with Gasteiger partial charge in [-0.3, -0.25) is 0 Å². The third-order valence-corrected chi connectivity index (χ3v) is 3.08. The van der Waals surface area contributed by atoms with Crippen LogP contribution >= 0.6 is 0 Å². The van der Waals surface area contributed by atoms with E-state index in [1.807, 2.05) is 31.2 Å². The summed E-state index contributed by atoms with van der Waals surface area (Å²) in [6.45, 7) is 2.47. The molecule has 1 saturated carbocycles. The van der Waals surface area contributed by atoms with E-state index in [1.165, 1.54) is 5.56 Å². The van der Waals surface area contributed by atoms with Gasteiger partial charge in [-0.25, -0.2) is 4.79 Å². The lowest BCUT2D eigenvalue weighted by Gasteiger charge is -2.11. The Morgan fingerprint density at radius 1 is 1.38 bits per heavy atom. The molecule has 3 nitrogen and oxygen atoms in total. The number of benzene rings is 1. The molecule has 0 N–H and O–H groups in total. The second-order valence-electron chi connectivity index (χ2n) is 4.59. The molecule has 1 atom stereocenters. The molecule has 1 heterocycles. The van der Waals surface area contributed by atoms with Gasteiger partial charge in [0.15, 0.2) is 0 Å². The number of carbonyl (C=O) groups is 1. The molecule has 3 rings (SSSR count). The maximum atomic E-state index is 11.9. The highest BCUT2D eigenvalue weighted by atomic mass is 16.6. The number of rotatable bonds is 3. The van der Waals surface area contributed by atoms with E-state index in [0.29, 0.717) is 6.61 Å². The first kappa shape index (κ1) is 9.85. The Kier molecular flexibility index (Phi) is 2.04. The number of ether oxygens (including phenoxy) is 2. The number of carbonyl (C=O) groups excluding carboxylic acids is 1. The maximum absolute atomic E-state index is 11.9. The molecule has 1 aliphatic heterocycles. The van der Waals surface area contributed by atoms with Crippen LogP contribution in [0.25, 0.3) is 0 Å². The van der Waals surface area contributed by atoms with E-state index in [0.717, 1.165) is 18.4 Å². The molecule has 2 fully saturated rings. The molecule has 2 aliphatic rings. The summed E-state index contributed by atoms with van der Waals surface area (Å²) < 4.78 is 10.6. The Labute approximate surface area is 94.4 Å². The highest BCUT2D eigenvalue weighted by Crippen LogP contribution is 2.41. The van der Waals surface area contributed by atoms with Gasteiger partial charge in [0.1, 0.15) is 6.10 Å². The highest BCUT2D eigenvalue weighted by Gasteiger charge is 2.56. The molecule has 0 amide bonds. The van der Waals surface area contributed by atoms with Crippen LogP contribution in [0.3, 0.4) is 0 Å². The van der Waals surface area contributed by atoms with E-state index in [-0.39, 0.29) is 12.1 Å². The van der Waals surface area contributed by atoms with Crippen LogP contribution in [0.15, 0.2) is 24.3 Å². The Bertz CT molecular complexity index is 413. The molecule has 1 unspecified atom stereocenters. The topological polar surface area (TPSA) is 38.8 Å². The van der Waals surface area contributed by atoms with Gasteiger partial charge in [-0.05, 0) is 25.3 Å². The third-order valence-electron chi connectivity index (χ3n) is 3.08. The van der Waals surface area contributed by atoms with Crippen LogP contribution in [-0.2, 0) is 19.9 Å². The van der Waals surface area contributed by atoms with Crippen molar-refractivity contribution in [1.29, 1.82) is 0 Å². The predicted molar refractivity (Wildman–Crippen MR) is 57.9 cm³/mol. The van der Waals surface area contributed by atoms with Gasteiger partial charge in [0.25, 0.3) is 0 Å². The first-order valence-corrected chi connectivity index (χ1v) is 5.63. The van der Waals surface area contributed by atoms with Gasteiger partial charge in [-0.2, -0.15) is 0 Å². The van der Waals surface area contributed by atoms with Crippen LogP contribution in [0.2, 0.25) is 0 Å². The zero-order valence-electron chi connectivity index (χ0n) is 9.23. The maximum Gasteiger partial charge on any atom is 0.345 e. The molecule has 0 spiro atoms. The minimum atomic E-state index is -0.795. The number of hydrogen-bond donors (Lipinski definition) is 0. The standard InChI is InChI=1S/C13H14O3/c1-9-2-4-10(5-3-9)13(8-15-13)12(14)16-11-6-7-11/h2-5,11H,6-8H2,1H3. The fourth-order valence-corrected chi connectivity index (χ4v) is 1.73. The van der Waals surface area contributed by atoms with Gasteiger partial charge in [0, 0.05) is 0 Å². The molecule has 16 heavy (non-hydrogen) atoms. The summed E-state index contributed by atoms with van der Waals surface area (Å²) in [6, 6.07) is 7.86. The first-order valence-electron chi connectivity index (χ1n) is 5.63. The van der Waals surface area contributed by atoms with Gasteiger partial charge in [0.05, 0.1) is 6.61 Å². The van der Waals surface area contributed by atoms with E-state index in [4.69, 9.17) is 9.47 Å². The summed E-state index contributed by atoms with van der Waals surface area (Å²) in [6.07, 6.45) is 2.13.